The summed E-state index contributed by atoms with van der Waals surface area (Å²) in [6, 6.07) is 6.02. The van der Waals surface area contributed by atoms with Crippen molar-refractivity contribution in [3.05, 3.63) is 39.6 Å². The van der Waals surface area contributed by atoms with E-state index < -0.39 is 0 Å². The van der Waals surface area contributed by atoms with Crippen molar-refractivity contribution in [1.82, 2.24) is 10.1 Å². The molecule has 2 N–H and O–H groups in total. The maximum absolute atomic E-state index is 11.4. The summed E-state index contributed by atoms with van der Waals surface area (Å²) in [4.78, 5) is 14.0. The molecule has 0 bridgehead atoms. The smallest absolute Gasteiger partial charge is 0.145 e. The average molecular weight is 599 g/mol. The van der Waals surface area contributed by atoms with Crippen molar-refractivity contribution in [2.24, 2.45) is 16.5 Å². The Kier molecular flexibility index (Phi) is 12.7. The van der Waals surface area contributed by atoms with Crippen LogP contribution in [-0.2, 0) is 16.1 Å². The van der Waals surface area contributed by atoms with Gasteiger partial charge in [0.1, 0.15) is 17.7 Å². The number of aromatic nitrogens is 1. The highest BCUT2D eigenvalue weighted by atomic mass is 35.5. The summed E-state index contributed by atoms with van der Waals surface area (Å²) < 4.78 is 12.4. The molecule has 2 heterocycles. The lowest BCUT2D eigenvalue weighted by Gasteiger charge is -2.38. The molecule has 9 heteroatoms. The molecule has 0 spiro atoms. The molecule has 6 nitrogen and oxygen atoms in total. The van der Waals surface area contributed by atoms with Gasteiger partial charge in [-0.05, 0) is 62.5 Å². The third kappa shape index (κ3) is 8.46. The van der Waals surface area contributed by atoms with Crippen LogP contribution in [0.15, 0.2) is 22.7 Å². The first-order valence-electron chi connectivity index (χ1n) is 14.3. The number of hydrogen-bond acceptors (Lipinski definition) is 7. The van der Waals surface area contributed by atoms with E-state index in [1.165, 1.54) is 12.7 Å². The molecule has 3 aliphatic rings. The summed E-state index contributed by atoms with van der Waals surface area (Å²) in [5, 5.41) is 9.74. The minimum absolute atomic E-state index is 0.137. The molecule has 1 aromatic carbocycles. The van der Waals surface area contributed by atoms with Crippen LogP contribution < -0.4 is 5.14 Å². The van der Waals surface area contributed by atoms with Crippen LogP contribution in [0.25, 0.3) is 11.3 Å². The molecule has 1 aliphatic heterocycles. The Morgan fingerprint density at radius 2 is 1.85 bits per heavy atom. The van der Waals surface area contributed by atoms with Crippen molar-refractivity contribution < 1.29 is 14.1 Å². The van der Waals surface area contributed by atoms with Gasteiger partial charge in [-0.1, -0.05) is 68.5 Å². The van der Waals surface area contributed by atoms with Crippen molar-refractivity contribution in [2.75, 3.05) is 13.1 Å². The quantitative estimate of drug-likeness (QED) is 0.248. The topological polar surface area (TPSA) is 81.6 Å². The molecule has 2 saturated carbocycles. The van der Waals surface area contributed by atoms with Gasteiger partial charge in [0.2, 0.25) is 0 Å². The number of halogens is 2. The molecule has 2 aliphatic carbocycles. The van der Waals surface area contributed by atoms with Crippen molar-refractivity contribution in [2.45, 2.75) is 104 Å². The second-order valence-electron chi connectivity index (χ2n) is 11.5. The Labute approximate surface area is 249 Å². The molecule has 3 fully saturated rings. The van der Waals surface area contributed by atoms with Crippen LogP contribution in [0.5, 0.6) is 0 Å². The Morgan fingerprint density at radius 1 is 1.15 bits per heavy atom. The molecule has 39 heavy (non-hydrogen) atoms. The zero-order valence-corrected chi connectivity index (χ0v) is 26.2. The minimum Gasteiger partial charge on any atom is -0.373 e. The molecule has 1 aromatic heterocycles. The zero-order valence-electron chi connectivity index (χ0n) is 23.8. The summed E-state index contributed by atoms with van der Waals surface area (Å²) in [5.41, 5.74) is 2.55. The van der Waals surface area contributed by atoms with Gasteiger partial charge in [0.05, 0.1) is 22.8 Å². The predicted molar refractivity (Wildman–Crippen MR) is 163 cm³/mol. The second-order valence-corrected chi connectivity index (χ2v) is 12.3. The molecule has 3 atom stereocenters. The molecule has 1 saturated heterocycles. The number of ether oxygens (including phenoxy) is 1. The molecule has 3 unspecified atom stereocenters. The standard InChI is InChI=1S/C28H36Cl2N2O3.C2H6.H3NS/c1-28(2)14-21(11-12-32(17-28)20-6-3-5-18(13-20)15-33)34-16-22-26(31-35-27(22)19-9-10-19)25-23(29)7-4-8-24(25)30;2*1-2/h4,7-8,15,18-21H,3,5-6,9-14,16-17H2,1-2H3;1-2H3;2H,1H2. The van der Waals surface area contributed by atoms with E-state index in [0.29, 0.717) is 34.3 Å². The Balaban J connectivity index is 0.00000100. The van der Waals surface area contributed by atoms with Gasteiger partial charge in [0.15, 0.2) is 0 Å². The largest absolute Gasteiger partial charge is 0.373 e. The normalized spacial score (nSPS) is 25.0. The summed E-state index contributed by atoms with van der Waals surface area (Å²) >= 11 is 16.1. The third-order valence-electron chi connectivity index (χ3n) is 7.98. The summed E-state index contributed by atoms with van der Waals surface area (Å²) in [6.07, 6.45) is 9.92. The van der Waals surface area contributed by atoms with Gasteiger partial charge in [-0.2, -0.15) is 0 Å². The van der Waals surface area contributed by atoms with E-state index in [1.54, 1.807) is 0 Å². The van der Waals surface area contributed by atoms with E-state index in [1.807, 2.05) is 32.0 Å². The number of nitrogens with zero attached hydrogens (tertiary/aromatic N) is 2. The summed E-state index contributed by atoms with van der Waals surface area (Å²) in [7, 11) is 0. The maximum Gasteiger partial charge on any atom is 0.145 e. The van der Waals surface area contributed by atoms with Crippen LogP contribution in [0.2, 0.25) is 10.0 Å². The van der Waals surface area contributed by atoms with Gasteiger partial charge in [-0.15, -0.1) is 12.8 Å². The molecular formula is C30H45Cl2N3O3S. The maximum atomic E-state index is 11.4. The highest BCUT2D eigenvalue weighted by Crippen LogP contribution is 2.46. The molecule has 2 aromatic rings. The molecule has 5 rings (SSSR count). The number of carbonyl (C=O) groups is 1. The van der Waals surface area contributed by atoms with Gasteiger partial charge < -0.3 is 14.1 Å². The number of carbonyl (C=O) groups excluding carboxylic acids is 1. The number of benzene rings is 1. The molecule has 0 amide bonds. The SMILES string of the molecule is CC.CC1(C)CC(OCc2c(-c3c(Cl)cccc3Cl)noc2C2CC2)CCN(C2CCCC(C=O)C2)C1.NS. The number of likely N-dealkylation sites (tertiary alicyclic amines) is 1. The van der Waals surface area contributed by atoms with E-state index >= 15 is 0 Å². The fourth-order valence-electron chi connectivity index (χ4n) is 6.08. The number of nitrogens with two attached hydrogens (primary N) is 1. The lowest BCUT2D eigenvalue weighted by atomic mass is 9.83. The second kappa shape index (κ2) is 15.2. The number of rotatable bonds is 7. The molecule has 0 radical (unpaired) electrons. The van der Waals surface area contributed by atoms with Crippen LogP contribution in [0.3, 0.4) is 0 Å². The van der Waals surface area contributed by atoms with E-state index in [2.05, 4.69) is 41.9 Å². The Bertz CT molecular complexity index is 1040. The van der Waals surface area contributed by atoms with Gasteiger partial charge in [-0.25, -0.2) is 0 Å². The Morgan fingerprint density at radius 3 is 2.49 bits per heavy atom. The summed E-state index contributed by atoms with van der Waals surface area (Å²) in [5.74, 6) is 1.55. The minimum atomic E-state index is 0.137. The Hall–Kier alpha value is -1.09. The number of aldehydes is 1. The van der Waals surface area contributed by atoms with Crippen molar-refractivity contribution in [3.8, 4) is 11.3 Å². The number of hydrogen-bond donors (Lipinski definition) is 2. The fourth-order valence-corrected chi connectivity index (χ4v) is 6.66. The van der Waals surface area contributed by atoms with Crippen LogP contribution in [0.1, 0.15) is 96.3 Å². The molecular weight excluding hydrogens is 553 g/mol. The van der Waals surface area contributed by atoms with Gasteiger partial charge in [-0.3, -0.25) is 10.0 Å². The van der Waals surface area contributed by atoms with Crippen LogP contribution in [0, 0.1) is 11.3 Å². The highest BCUT2D eigenvalue weighted by molar-refractivity contribution is 7.77. The van der Waals surface area contributed by atoms with E-state index in [-0.39, 0.29) is 17.4 Å². The number of thiol groups is 1. The average Bonchev–Trinajstić information content (AvgIpc) is 3.73. The van der Waals surface area contributed by atoms with E-state index in [0.717, 1.165) is 74.9 Å². The van der Waals surface area contributed by atoms with Gasteiger partial charge in [0.25, 0.3) is 0 Å². The lowest BCUT2D eigenvalue weighted by molar-refractivity contribution is -0.112. The molecule has 218 valence electrons. The highest BCUT2D eigenvalue weighted by Gasteiger charge is 2.37. The monoisotopic (exact) mass is 597 g/mol. The van der Waals surface area contributed by atoms with Gasteiger partial charge >= 0.3 is 0 Å². The zero-order chi connectivity index (χ0) is 28.6. The fraction of sp³-hybridized carbons (Fsp3) is 0.667. The predicted octanol–water partition coefficient (Wildman–Crippen LogP) is 8.11. The van der Waals surface area contributed by atoms with Crippen molar-refractivity contribution in [1.29, 1.82) is 0 Å². The van der Waals surface area contributed by atoms with E-state index in [4.69, 9.17) is 32.5 Å². The first kappa shape index (κ1) is 32.4. The van der Waals surface area contributed by atoms with Crippen LogP contribution in [0.4, 0.5) is 0 Å². The van der Waals surface area contributed by atoms with Crippen LogP contribution in [-0.4, -0.2) is 41.6 Å². The first-order valence-corrected chi connectivity index (χ1v) is 15.6. The van der Waals surface area contributed by atoms with Crippen LogP contribution >= 0.6 is 36.0 Å². The van der Waals surface area contributed by atoms with E-state index in [9.17, 15) is 4.79 Å². The first-order chi connectivity index (χ1) is 18.8. The van der Waals surface area contributed by atoms with Crippen molar-refractivity contribution in [3.63, 3.8) is 0 Å². The van der Waals surface area contributed by atoms with Gasteiger partial charge in [0, 0.05) is 42.1 Å². The van der Waals surface area contributed by atoms with Crippen molar-refractivity contribution >= 4 is 42.3 Å². The summed E-state index contributed by atoms with van der Waals surface area (Å²) in [6.45, 7) is 11.2. The third-order valence-corrected chi connectivity index (χ3v) is 8.61. The lowest BCUT2D eigenvalue weighted by Crippen LogP contribution is -2.43.